The van der Waals surface area contributed by atoms with E-state index < -0.39 is 15.8 Å². The highest BCUT2D eigenvalue weighted by Crippen LogP contribution is 2.34. The topological polar surface area (TPSA) is 118 Å². The van der Waals surface area contributed by atoms with Crippen LogP contribution in [0.25, 0.3) is 0 Å². The zero-order valence-corrected chi connectivity index (χ0v) is 20.3. The lowest BCUT2D eigenvalue weighted by Gasteiger charge is -2.12. The van der Waals surface area contributed by atoms with Gasteiger partial charge in [-0.25, -0.2) is 8.42 Å². The Labute approximate surface area is 203 Å². The molecule has 0 aliphatic carbocycles. The number of methoxy groups -OCH3 is 3. The third kappa shape index (κ3) is 6.65. The van der Waals surface area contributed by atoms with Gasteiger partial charge in [0.1, 0.15) is 23.9 Å². The molecule has 35 heavy (non-hydrogen) atoms. The normalized spacial score (nSPS) is 11.1. The van der Waals surface area contributed by atoms with Crippen molar-refractivity contribution in [2.45, 2.75) is 16.2 Å². The number of carboxylic acids is 1. The Morgan fingerprint density at radius 1 is 0.771 bits per heavy atom. The molecule has 186 valence electrons. The molecule has 0 amide bonds. The molecule has 0 unspecified atom stereocenters. The number of hydrogen-bond donors (Lipinski definition) is 1. The summed E-state index contributed by atoms with van der Waals surface area (Å²) in [5.41, 5.74) is 0.305. The number of sulfone groups is 1. The number of benzene rings is 3. The number of rotatable bonds is 12. The molecule has 10 heteroatoms. The molecule has 0 aromatic heterocycles. The Morgan fingerprint density at radius 3 is 2.09 bits per heavy atom. The molecule has 3 aromatic carbocycles. The van der Waals surface area contributed by atoms with Gasteiger partial charge in [-0.05, 0) is 60.2 Å². The lowest BCUT2D eigenvalue weighted by atomic mass is 10.1. The van der Waals surface area contributed by atoms with Gasteiger partial charge in [0.2, 0.25) is 9.84 Å². The zero-order valence-electron chi connectivity index (χ0n) is 19.5. The smallest absolute Gasteiger partial charge is 0.307 e. The number of ether oxygens (including phenoxy) is 5. The van der Waals surface area contributed by atoms with Crippen LogP contribution in [-0.2, 0) is 25.8 Å². The molecule has 0 heterocycles. The maximum Gasteiger partial charge on any atom is 0.307 e. The van der Waals surface area contributed by atoms with Crippen LogP contribution in [0.3, 0.4) is 0 Å². The van der Waals surface area contributed by atoms with Crippen molar-refractivity contribution in [2.75, 3.05) is 34.5 Å². The fourth-order valence-electron chi connectivity index (χ4n) is 3.23. The summed E-state index contributed by atoms with van der Waals surface area (Å²) in [7, 11) is 0.603. The summed E-state index contributed by atoms with van der Waals surface area (Å²) in [5, 5.41) is 9.16. The molecule has 0 atom stereocenters. The van der Waals surface area contributed by atoms with Crippen LogP contribution in [0.5, 0.6) is 28.7 Å². The Bertz CT molecular complexity index is 1270. The molecule has 0 saturated carbocycles. The monoisotopic (exact) mass is 502 g/mol. The minimum absolute atomic E-state index is 0.0208. The van der Waals surface area contributed by atoms with E-state index >= 15 is 0 Å². The van der Waals surface area contributed by atoms with E-state index in [0.717, 1.165) is 0 Å². The van der Waals surface area contributed by atoms with Crippen LogP contribution in [-0.4, -0.2) is 54.0 Å². The van der Waals surface area contributed by atoms with Crippen molar-refractivity contribution in [3.8, 4) is 28.7 Å². The van der Waals surface area contributed by atoms with E-state index in [1.54, 1.807) is 18.2 Å². The second-order valence-electron chi connectivity index (χ2n) is 7.32. The molecule has 1 N–H and O–H groups in total. The quantitative estimate of drug-likeness (QED) is 0.367. The van der Waals surface area contributed by atoms with E-state index in [0.29, 0.717) is 35.2 Å². The molecular weight excluding hydrogens is 476 g/mol. The summed E-state index contributed by atoms with van der Waals surface area (Å²) in [6.45, 7) is 0.488. The Morgan fingerprint density at radius 2 is 1.46 bits per heavy atom. The van der Waals surface area contributed by atoms with Crippen molar-refractivity contribution in [3.05, 3.63) is 66.2 Å². The molecular formula is C25H26O9S. The summed E-state index contributed by atoms with van der Waals surface area (Å²) < 4.78 is 53.3. The van der Waals surface area contributed by atoms with E-state index in [4.69, 9.17) is 28.8 Å². The molecule has 0 bridgehead atoms. The van der Waals surface area contributed by atoms with Gasteiger partial charge in [-0.15, -0.1) is 0 Å². The number of hydrogen-bond acceptors (Lipinski definition) is 8. The van der Waals surface area contributed by atoms with Gasteiger partial charge in [0, 0.05) is 13.2 Å². The van der Waals surface area contributed by atoms with Crippen molar-refractivity contribution in [1.29, 1.82) is 0 Å². The fourth-order valence-corrected chi connectivity index (χ4v) is 4.57. The highest BCUT2D eigenvalue weighted by atomic mass is 32.2. The number of carboxylic acid groups (broad SMARTS) is 1. The summed E-state index contributed by atoms with van der Waals surface area (Å²) in [5.74, 6) is 1.11. The lowest BCUT2D eigenvalue weighted by Crippen LogP contribution is -2.08. The number of carbonyl (C=O) groups is 1. The van der Waals surface area contributed by atoms with Crippen LogP contribution in [0, 0.1) is 0 Å². The second-order valence-corrected chi connectivity index (χ2v) is 9.27. The highest BCUT2D eigenvalue weighted by Gasteiger charge is 2.20. The summed E-state index contributed by atoms with van der Waals surface area (Å²) >= 11 is 0. The van der Waals surface area contributed by atoms with Crippen molar-refractivity contribution >= 4 is 15.8 Å². The molecule has 9 nitrogen and oxygen atoms in total. The Balaban J connectivity index is 1.86. The average Bonchev–Trinajstić information content (AvgIpc) is 2.84. The molecule has 0 aliphatic rings. The fraction of sp³-hybridized carbons (Fsp3) is 0.240. The minimum atomic E-state index is -3.96. The molecule has 0 aliphatic heterocycles. The van der Waals surface area contributed by atoms with E-state index in [1.807, 2.05) is 0 Å². The van der Waals surface area contributed by atoms with Crippen LogP contribution < -0.4 is 18.9 Å². The lowest BCUT2D eigenvalue weighted by molar-refractivity contribution is -0.136. The molecule has 0 saturated heterocycles. The van der Waals surface area contributed by atoms with E-state index in [-0.39, 0.29) is 28.6 Å². The Kier molecular flexibility index (Phi) is 8.56. The van der Waals surface area contributed by atoms with E-state index in [9.17, 15) is 13.2 Å². The van der Waals surface area contributed by atoms with Crippen LogP contribution in [0.4, 0.5) is 0 Å². The van der Waals surface area contributed by atoms with Crippen molar-refractivity contribution in [2.24, 2.45) is 0 Å². The van der Waals surface area contributed by atoms with Gasteiger partial charge in [0.25, 0.3) is 0 Å². The van der Waals surface area contributed by atoms with Gasteiger partial charge in [-0.2, -0.15) is 0 Å². The largest absolute Gasteiger partial charge is 0.493 e. The molecule has 3 rings (SSSR count). The van der Waals surface area contributed by atoms with Gasteiger partial charge in [-0.1, -0.05) is 0 Å². The van der Waals surface area contributed by atoms with Crippen LogP contribution in [0.15, 0.2) is 70.5 Å². The SMILES string of the molecule is COCCOc1cc(CC(=O)O)cc(S(=O)(=O)c2ccc(Oc3ccc(OC)c(OC)c3)cc2)c1. The predicted octanol–water partition coefficient (Wildman–Crippen LogP) is 3.98. The average molecular weight is 503 g/mol. The van der Waals surface area contributed by atoms with Gasteiger partial charge >= 0.3 is 5.97 Å². The maximum absolute atomic E-state index is 13.3. The predicted molar refractivity (Wildman–Crippen MR) is 127 cm³/mol. The third-order valence-electron chi connectivity index (χ3n) is 4.89. The van der Waals surface area contributed by atoms with Crippen molar-refractivity contribution in [3.63, 3.8) is 0 Å². The molecule has 0 radical (unpaired) electrons. The van der Waals surface area contributed by atoms with E-state index in [2.05, 4.69) is 0 Å². The maximum atomic E-state index is 13.3. The van der Waals surface area contributed by atoms with E-state index in [1.165, 1.54) is 63.8 Å². The summed E-state index contributed by atoms with van der Waals surface area (Å²) in [6, 6.07) is 15.1. The molecule has 0 spiro atoms. The third-order valence-corrected chi connectivity index (χ3v) is 6.64. The molecule has 0 fully saturated rings. The first-order valence-electron chi connectivity index (χ1n) is 10.5. The second kappa shape index (κ2) is 11.6. The number of aliphatic carboxylic acids is 1. The first-order valence-corrected chi connectivity index (χ1v) is 12.0. The first-order chi connectivity index (χ1) is 16.8. The van der Waals surface area contributed by atoms with Gasteiger partial charge in [-0.3, -0.25) is 4.79 Å². The first kappa shape index (κ1) is 25.9. The summed E-state index contributed by atoms with van der Waals surface area (Å²) in [6.07, 6.45) is -0.345. The minimum Gasteiger partial charge on any atom is -0.493 e. The van der Waals surface area contributed by atoms with Crippen molar-refractivity contribution in [1.82, 2.24) is 0 Å². The van der Waals surface area contributed by atoms with Crippen LogP contribution in [0.1, 0.15) is 5.56 Å². The molecule has 3 aromatic rings. The van der Waals surface area contributed by atoms with Crippen LogP contribution in [0.2, 0.25) is 0 Å². The van der Waals surface area contributed by atoms with Gasteiger partial charge in [0.15, 0.2) is 11.5 Å². The van der Waals surface area contributed by atoms with Gasteiger partial charge < -0.3 is 28.8 Å². The van der Waals surface area contributed by atoms with Crippen LogP contribution >= 0.6 is 0 Å². The standard InChI is InChI=1S/C25H26O9S/c1-30-10-11-33-20-12-17(14-25(26)27)13-22(15-20)35(28,29)21-7-4-18(5-8-21)34-19-6-9-23(31-2)24(16-19)32-3/h4-9,12-13,15-16H,10-11,14H2,1-3H3,(H,26,27). The van der Waals surface area contributed by atoms with Crippen molar-refractivity contribution < 1.29 is 42.0 Å². The summed E-state index contributed by atoms with van der Waals surface area (Å²) in [4.78, 5) is 11.1. The zero-order chi connectivity index (χ0) is 25.4. The highest BCUT2D eigenvalue weighted by molar-refractivity contribution is 7.91. The van der Waals surface area contributed by atoms with Gasteiger partial charge in [0.05, 0.1) is 37.0 Å². The Hall–Kier alpha value is -3.76.